The molecule has 0 aromatic rings. The topological polar surface area (TPSA) is 57.6 Å². The number of carboxylic acid groups (broad SMARTS) is 1. The number of amides is 1. The molecule has 0 aromatic carbocycles. The zero-order valence-corrected chi connectivity index (χ0v) is 8.46. The molecule has 2 bridgehead atoms. The van der Waals surface area contributed by atoms with Crippen molar-refractivity contribution in [2.75, 3.05) is 6.54 Å². The molecule has 0 aromatic heterocycles. The molecule has 2 aliphatic heterocycles. The van der Waals surface area contributed by atoms with E-state index in [0.717, 1.165) is 12.8 Å². The van der Waals surface area contributed by atoms with Crippen LogP contribution in [0.15, 0.2) is 0 Å². The third-order valence-electron chi connectivity index (χ3n) is 3.49. The summed E-state index contributed by atoms with van der Waals surface area (Å²) < 4.78 is 0. The first-order valence-electron chi connectivity index (χ1n) is 4.77. The highest BCUT2D eigenvalue weighted by Crippen LogP contribution is 2.44. The predicted octanol–water partition coefficient (Wildman–Crippen LogP) is 1.67. The number of carbonyl (C=O) groups excluding carboxylic acids is 1. The second kappa shape index (κ2) is 3.12. The highest BCUT2D eigenvalue weighted by atomic mass is 35.5. The van der Waals surface area contributed by atoms with Crippen LogP contribution in [0.25, 0.3) is 0 Å². The summed E-state index contributed by atoms with van der Waals surface area (Å²) >= 11 is 5.53. The minimum Gasteiger partial charge on any atom is -0.465 e. The molecule has 1 saturated carbocycles. The van der Waals surface area contributed by atoms with E-state index in [1.165, 1.54) is 4.90 Å². The van der Waals surface area contributed by atoms with Crippen LogP contribution in [0.4, 0.5) is 4.79 Å². The number of hydrogen-bond acceptors (Lipinski definition) is 2. The number of hydrogen-bond donors (Lipinski definition) is 1. The van der Waals surface area contributed by atoms with Gasteiger partial charge in [0.2, 0.25) is 5.24 Å². The van der Waals surface area contributed by atoms with Crippen molar-refractivity contribution in [1.82, 2.24) is 4.90 Å². The Morgan fingerprint density at radius 3 is 2.29 bits per heavy atom. The van der Waals surface area contributed by atoms with E-state index < -0.39 is 16.9 Å². The fourth-order valence-electron chi connectivity index (χ4n) is 2.60. The van der Waals surface area contributed by atoms with Crippen molar-refractivity contribution in [2.24, 2.45) is 5.92 Å². The summed E-state index contributed by atoms with van der Waals surface area (Å²) in [4.78, 5) is 23.6. The maximum atomic E-state index is 11.4. The van der Waals surface area contributed by atoms with Gasteiger partial charge in [-0.15, -0.1) is 0 Å². The zero-order chi connectivity index (χ0) is 10.3. The third kappa shape index (κ3) is 1.21. The average Bonchev–Trinajstić information content (AvgIpc) is 2.19. The van der Waals surface area contributed by atoms with Crippen molar-refractivity contribution in [3.63, 3.8) is 0 Å². The molecule has 4 nitrogen and oxygen atoms in total. The average molecular weight is 218 g/mol. The molecule has 0 unspecified atom stereocenters. The van der Waals surface area contributed by atoms with Crippen LogP contribution in [-0.4, -0.2) is 33.4 Å². The summed E-state index contributed by atoms with van der Waals surface area (Å²) in [6.45, 7) is 0.466. The van der Waals surface area contributed by atoms with Crippen LogP contribution in [0.3, 0.4) is 0 Å². The Hall–Kier alpha value is -0.770. The molecule has 3 fully saturated rings. The first-order chi connectivity index (χ1) is 6.56. The summed E-state index contributed by atoms with van der Waals surface area (Å²) in [5.41, 5.74) is -0.915. The number of fused-ring (bicyclic) bond motifs is 3. The van der Waals surface area contributed by atoms with Crippen LogP contribution in [-0.2, 0) is 4.79 Å². The Bertz CT molecular complexity index is 284. The Kier molecular flexibility index (Phi) is 2.18. The van der Waals surface area contributed by atoms with Gasteiger partial charge >= 0.3 is 6.09 Å². The number of carbonyl (C=O) groups is 2. The van der Waals surface area contributed by atoms with E-state index in [4.69, 9.17) is 16.7 Å². The summed E-state index contributed by atoms with van der Waals surface area (Å²) in [6, 6.07) is 0. The van der Waals surface area contributed by atoms with Gasteiger partial charge in [-0.2, -0.15) is 0 Å². The van der Waals surface area contributed by atoms with Gasteiger partial charge in [0.15, 0.2) is 0 Å². The fraction of sp³-hybridized carbons (Fsp3) is 0.778. The monoisotopic (exact) mass is 217 g/mol. The number of piperidine rings is 2. The molecule has 14 heavy (non-hydrogen) atoms. The van der Waals surface area contributed by atoms with Gasteiger partial charge in [-0.25, -0.2) is 4.79 Å². The highest BCUT2D eigenvalue weighted by Gasteiger charge is 2.52. The molecule has 2 saturated heterocycles. The van der Waals surface area contributed by atoms with Crippen molar-refractivity contribution >= 4 is 22.9 Å². The standard InChI is InChI=1S/C9H12ClNO3/c10-7(12)9-3-1-6(2-4-9)5-11(9)8(13)14/h6H,1-5H2,(H,13,14). The van der Waals surface area contributed by atoms with E-state index >= 15 is 0 Å². The lowest BCUT2D eigenvalue weighted by Gasteiger charge is -2.51. The molecule has 3 rings (SSSR count). The van der Waals surface area contributed by atoms with E-state index in [2.05, 4.69) is 0 Å². The van der Waals surface area contributed by atoms with E-state index in [1.54, 1.807) is 0 Å². The summed E-state index contributed by atoms with van der Waals surface area (Å²) in [7, 11) is 0. The van der Waals surface area contributed by atoms with E-state index in [-0.39, 0.29) is 0 Å². The molecule has 78 valence electrons. The highest BCUT2D eigenvalue weighted by molar-refractivity contribution is 6.65. The fourth-order valence-corrected chi connectivity index (χ4v) is 2.90. The Morgan fingerprint density at radius 1 is 1.36 bits per heavy atom. The summed E-state index contributed by atoms with van der Waals surface area (Å²) in [5.74, 6) is 0.420. The van der Waals surface area contributed by atoms with Crippen LogP contribution in [0, 0.1) is 5.92 Å². The molecule has 1 aliphatic carbocycles. The lowest BCUT2D eigenvalue weighted by Crippen LogP contribution is -2.63. The van der Waals surface area contributed by atoms with Crippen molar-refractivity contribution in [2.45, 2.75) is 31.2 Å². The molecule has 2 heterocycles. The molecule has 0 spiro atoms. The van der Waals surface area contributed by atoms with Gasteiger partial charge in [0.25, 0.3) is 0 Å². The number of rotatable bonds is 1. The first kappa shape index (κ1) is 9.77. The van der Waals surface area contributed by atoms with Gasteiger partial charge in [-0.3, -0.25) is 9.69 Å². The van der Waals surface area contributed by atoms with Crippen LogP contribution < -0.4 is 0 Å². The summed E-state index contributed by atoms with van der Waals surface area (Å²) in [5, 5.41) is 8.47. The van der Waals surface area contributed by atoms with Crippen molar-refractivity contribution in [3.8, 4) is 0 Å². The quantitative estimate of drug-likeness (QED) is 0.680. The van der Waals surface area contributed by atoms with E-state index in [0.29, 0.717) is 25.3 Å². The van der Waals surface area contributed by atoms with E-state index in [1.807, 2.05) is 0 Å². The zero-order valence-electron chi connectivity index (χ0n) is 7.70. The molecule has 0 atom stereocenters. The largest absolute Gasteiger partial charge is 0.465 e. The second-order valence-corrected chi connectivity index (χ2v) is 4.49. The molecule has 0 radical (unpaired) electrons. The molecular weight excluding hydrogens is 206 g/mol. The molecule has 5 heteroatoms. The lowest BCUT2D eigenvalue weighted by atomic mass is 9.71. The summed E-state index contributed by atoms with van der Waals surface area (Å²) in [6.07, 6.45) is 1.99. The van der Waals surface area contributed by atoms with Crippen molar-refractivity contribution in [1.29, 1.82) is 0 Å². The maximum Gasteiger partial charge on any atom is 0.408 e. The Labute approximate surface area is 86.8 Å². The van der Waals surface area contributed by atoms with Crippen molar-refractivity contribution < 1.29 is 14.7 Å². The molecule has 1 amide bonds. The van der Waals surface area contributed by atoms with Gasteiger partial charge in [0.05, 0.1) is 0 Å². The second-order valence-electron chi connectivity index (χ2n) is 4.14. The Morgan fingerprint density at radius 2 is 1.93 bits per heavy atom. The third-order valence-corrected chi connectivity index (χ3v) is 3.84. The molecule has 1 N–H and O–H groups in total. The minimum absolute atomic E-state index is 0.420. The molecular formula is C9H12ClNO3. The van der Waals surface area contributed by atoms with Gasteiger partial charge in [-0.1, -0.05) is 0 Å². The van der Waals surface area contributed by atoms with Gasteiger partial charge in [-0.05, 0) is 43.2 Å². The number of nitrogens with zero attached hydrogens (tertiary/aromatic N) is 1. The Balaban J connectivity index is 2.33. The first-order valence-corrected chi connectivity index (χ1v) is 5.14. The predicted molar refractivity (Wildman–Crippen MR) is 50.3 cm³/mol. The van der Waals surface area contributed by atoms with E-state index in [9.17, 15) is 9.59 Å². The van der Waals surface area contributed by atoms with Crippen molar-refractivity contribution in [3.05, 3.63) is 0 Å². The maximum absolute atomic E-state index is 11.4. The minimum atomic E-state index is -1.02. The van der Waals surface area contributed by atoms with Gasteiger partial charge in [0, 0.05) is 6.54 Å². The SMILES string of the molecule is O=C(O)N1CC2CCC1(C(=O)Cl)CC2. The number of halogens is 1. The molecule has 3 aliphatic rings. The van der Waals surface area contributed by atoms with Gasteiger partial charge in [0.1, 0.15) is 5.54 Å². The van der Waals surface area contributed by atoms with Crippen LogP contribution in [0.1, 0.15) is 25.7 Å². The van der Waals surface area contributed by atoms with Crippen LogP contribution in [0.2, 0.25) is 0 Å². The van der Waals surface area contributed by atoms with Crippen LogP contribution >= 0.6 is 11.6 Å². The normalized spacial score (nSPS) is 35.8. The van der Waals surface area contributed by atoms with Crippen LogP contribution in [0.5, 0.6) is 0 Å². The van der Waals surface area contributed by atoms with Gasteiger partial charge < -0.3 is 5.11 Å². The lowest BCUT2D eigenvalue weighted by molar-refractivity contribution is -0.129. The smallest absolute Gasteiger partial charge is 0.408 e.